The Morgan fingerprint density at radius 1 is 1.09 bits per heavy atom. The van der Waals surface area contributed by atoms with Gasteiger partial charge in [-0.25, -0.2) is 4.79 Å². The van der Waals surface area contributed by atoms with Gasteiger partial charge in [0.2, 0.25) is 0 Å². The van der Waals surface area contributed by atoms with Gasteiger partial charge in [0.1, 0.15) is 11.9 Å². The Hall–Kier alpha value is -3.52. The summed E-state index contributed by atoms with van der Waals surface area (Å²) in [5.41, 5.74) is 2.13. The monoisotopic (exact) mass is 497 g/mol. The van der Waals surface area contributed by atoms with Crippen molar-refractivity contribution in [3.63, 3.8) is 0 Å². The van der Waals surface area contributed by atoms with Crippen LogP contribution >= 0.6 is 15.9 Å². The molecule has 0 unspecified atom stereocenters. The summed E-state index contributed by atoms with van der Waals surface area (Å²) in [5.74, 6) is -0.519. The lowest BCUT2D eigenvalue weighted by Crippen LogP contribution is -2.24. The van der Waals surface area contributed by atoms with Gasteiger partial charge in [-0.2, -0.15) is 0 Å². The van der Waals surface area contributed by atoms with Crippen molar-refractivity contribution in [2.75, 3.05) is 6.54 Å². The molecule has 0 spiro atoms. The SMILES string of the molecule is O=C(O)Cc1ccc(O)c(Oc2ccc(Br)cc2CN2C[C@H](c3ccccc3)OC2=O)c1. The third-order valence-corrected chi connectivity index (χ3v) is 5.54. The van der Waals surface area contributed by atoms with Crippen LogP contribution in [0, 0.1) is 0 Å². The molecule has 32 heavy (non-hydrogen) atoms. The highest BCUT2D eigenvalue weighted by atomic mass is 79.9. The lowest BCUT2D eigenvalue weighted by molar-refractivity contribution is -0.136. The van der Waals surface area contributed by atoms with Gasteiger partial charge in [0.05, 0.1) is 19.5 Å². The molecule has 3 aromatic carbocycles. The number of aromatic hydroxyl groups is 1. The molecule has 1 aliphatic rings. The molecule has 0 aromatic heterocycles. The summed E-state index contributed by atoms with van der Waals surface area (Å²) in [5, 5.41) is 19.2. The van der Waals surface area contributed by atoms with E-state index < -0.39 is 12.1 Å². The van der Waals surface area contributed by atoms with E-state index in [-0.39, 0.29) is 30.6 Å². The molecule has 1 atom stereocenters. The second kappa shape index (κ2) is 9.32. The largest absolute Gasteiger partial charge is 0.504 e. The molecule has 1 saturated heterocycles. The minimum absolute atomic E-state index is 0.113. The lowest BCUT2D eigenvalue weighted by Gasteiger charge is -2.17. The molecular formula is C24H20BrNO6. The number of aliphatic carboxylic acids is 1. The molecule has 164 valence electrons. The normalized spacial score (nSPS) is 15.5. The summed E-state index contributed by atoms with van der Waals surface area (Å²) in [6.45, 7) is 0.640. The molecular weight excluding hydrogens is 478 g/mol. The Balaban J connectivity index is 1.56. The van der Waals surface area contributed by atoms with E-state index in [0.717, 1.165) is 10.0 Å². The highest BCUT2D eigenvalue weighted by Crippen LogP contribution is 2.36. The fourth-order valence-electron chi connectivity index (χ4n) is 3.50. The summed E-state index contributed by atoms with van der Waals surface area (Å²) in [6, 6.07) is 19.3. The van der Waals surface area contributed by atoms with E-state index in [0.29, 0.717) is 23.4 Å². The zero-order valence-electron chi connectivity index (χ0n) is 16.9. The van der Waals surface area contributed by atoms with Crippen LogP contribution in [0.15, 0.2) is 71.2 Å². The highest BCUT2D eigenvalue weighted by molar-refractivity contribution is 9.10. The van der Waals surface area contributed by atoms with Crippen molar-refractivity contribution < 1.29 is 29.3 Å². The number of nitrogens with zero attached hydrogens (tertiary/aromatic N) is 1. The number of carbonyl (C=O) groups excluding carboxylic acids is 1. The summed E-state index contributed by atoms with van der Waals surface area (Å²) < 4.78 is 12.3. The second-order valence-electron chi connectivity index (χ2n) is 7.39. The predicted molar refractivity (Wildman–Crippen MR) is 120 cm³/mol. The number of cyclic esters (lactones) is 1. The van der Waals surface area contributed by atoms with E-state index in [1.165, 1.54) is 18.2 Å². The smallest absolute Gasteiger partial charge is 0.410 e. The van der Waals surface area contributed by atoms with E-state index in [9.17, 15) is 14.7 Å². The summed E-state index contributed by atoms with van der Waals surface area (Å²) in [7, 11) is 0. The first-order chi connectivity index (χ1) is 15.4. The van der Waals surface area contributed by atoms with E-state index in [4.69, 9.17) is 14.6 Å². The van der Waals surface area contributed by atoms with Crippen LogP contribution in [0.5, 0.6) is 17.2 Å². The molecule has 0 radical (unpaired) electrons. The molecule has 8 heteroatoms. The Bertz CT molecular complexity index is 1150. The van der Waals surface area contributed by atoms with Crippen LogP contribution in [0.3, 0.4) is 0 Å². The third kappa shape index (κ3) is 5.03. The first-order valence-corrected chi connectivity index (χ1v) is 10.7. The van der Waals surface area contributed by atoms with E-state index in [1.54, 1.807) is 17.0 Å². The second-order valence-corrected chi connectivity index (χ2v) is 8.31. The number of phenols is 1. The first kappa shape index (κ1) is 21.7. The number of hydrogen-bond donors (Lipinski definition) is 2. The number of carbonyl (C=O) groups is 2. The molecule has 1 amide bonds. The zero-order valence-corrected chi connectivity index (χ0v) is 18.5. The Morgan fingerprint density at radius 2 is 1.88 bits per heavy atom. The Kier molecular flexibility index (Phi) is 6.32. The van der Waals surface area contributed by atoms with Crippen LogP contribution in [-0.4, -0.2) is 33.7 Å². The number of carboxylic acid groups (broad SMARTS) is 1. The van der Waals surface area contributed by atoms with Gasteiger partial charge in [-0.05, 0) is 41.5 Å². The minimum atomic E-state index is -0.980. The van der Waals surface area contributed by atoms with Crippen molar-refractivity contribution >= 4 is 28.0 Å². The van der Waals surface area contributed by atoms with Crippen molar-refractivity contribution in [3.05, 3.63) is 87.9 Å². The lowest BCUT2D eigenvalue weighted by atomic mass is 10.1. The van der Waals surface area contributed by atoms with Crippen molar-refractivity contribution in [1.82, 2.24) is 4.90 Å². The number of benzene rings is 3. The van der Waals surface area contributed by atoms with Crippen molar-refractivity contribution in [2.24, 2.45) is 0 Å². The average molecular weight is 498 g/mol. The zero-order chi connectivity index (χ0) is 22.7. The Labute approximate surface area is 192 Å². The molecule has 7 nitrogen and oxygen atoms in total. The van der Waals surface area contributed by atoms with Gasteiger partial charge in [-0.15, -0.1) is 0 Å². The van der Waals surface area contributed by atoms with Gasteiger partial charge < -0.3 is 19.7 Å². The number of phenolic OH excluding ortho intramolecular Hbond substituents is 1. The van der Waals surface area contributed by atoms with Crippen molar-refractivity contribution in [2.45, 2.75) is 19.1 Å². The number of amides is 1. The van der Waals surface area contributed by atoms with Crippen LogP contribution in [0.1, 0.15) is 22.8 Å². The van der Waals surface area contributed by atoms with Crippen LogP contribution in [0.25, 0.3) is 0 Å². The maximum atomic E-state index is 12.5. The average Bonchev–Trinajstić information content (AvgIpc) is 3.13. The van der Waals surface area contributed by atoms with Crippen LogP contribution in [0.2, 0.25) is 0 Å². The summed E-state index contributed by atoms with van der Waals surface area (Å²) >= 11 is 3.44. The van der Waals surface area contributed by atoms with Gasteiger partial charge in [-0.1, -0.05) is 52.3 Å². The number of carboxylic acids is 1. The molecule has 0 bridgehead atoms. The maximum absolute atomic E-state index is 12.5. The molecule has 1 fully saturated rings. The maximum Gasteiger partial charge on any atom is 0.410 e. The van der Waals surface area contributed by atoms with Gasteiger partial charge in [0.25, 0.3) is 0 Å². The standard InChI is InChI=1S/C24H20BrNO6/c25-18-7-9-20(31-21-10-15(11-23(28)29)6-8-19(21)27)17(12-18)13-26-14-22(32-24(26)30)16-4-2-1-3-5-16/h1-10,12,22,27H,11,13-14H2,(H,28,29)/t22-/m1/s1. The number of rotatable bonds is 7. The van der Waals surface area contributed by atoms with Gasteiger partial charge in [0, 0.05) is 10.0 Å². The highest BCUT2D eigenvalue weighted by Gasteiger charge is 2.32. The van der Waals surface area contributed by atoms with Gasteiger partial charge >= 0.3 is 12.1 Å². The molecule has 1 aliphatic heterocycles. The number of ether oxygens (including phenoxy) is 2. The van der Waals surface area contributed by atoms with Crippen LogP contribution in [-0.2, 0) is 22.5 Å². The summed E-state index contributed by atoms with van der Waals surface area (Å²) in [6.07, 6.45) is -0.960. The predicted octanol–water partition coefficient (Wildman–Crippen LogP) is 5.27. The van der Waals surface area contributed by atoms with Crippen LogP contribution < -0.4 is 4.74 Å². The summed E-state index contributed by atoms with van der Waals surface area (Å²) in [4.78, 5) is 25.1. The number of hydrogen-bond acceptors (Lipinski definition) is 5. The van der Waals surface area contributed by atoms with Crippen molar-refractivity contribution in [3.8, 4) is 17.2 Å². The minimum Gasteiger partial charge on any atom is -0.504 e. The number of halogens is 1. The third-order valence-electron chi connectivity index (χ3n) is 5.04. The fourth-order valence-corrected chi connectivity index (χ4v) is 3.91. The molecule has 1 heterocycles. The quantitative estimate of drug-likeness (QED) is 0.461. The molecule has 3 aromatic rings. The molecule has 0 aliphatic carbocycles. The van der Waals surface area contributed by atoms with E-state index in [1.807, 2.05) is 36.4 Å². The van der Waals surface area contributed by atoms with E-state index in [2.05, 4.69) is 15.9 Å². The van der Waals surface area contributed by atoms with E-state index >= 15 is 0 Å². The topological polar surface area (TPSA) is 96.3 Å². The van der Waals surface area contributed by atoms with Gasteiger partial charge in [0.15, 0.2) is 11.5 Å². The molecule has 2 N–H and O–H groups in total. The first-order valence-electron chi connectivity index (χ1n) is 9.89. The molecule has 4 rings (SSSR count). The van der Waals surface area contributed by atoms with Crippen molar-refractivity contribution in [1.29, 1.82) is 0 Å². The van der Waals surface area contributed by atoms with Gasteiger partial charge in [-0.3, -0.25) is 9.69 Å². The fraction of sp³-hybridized carbons (Fsp3) is 0.167. The molecule has 0 saturated carbocycles. The Morgan fingerprint density at radius 3 is 2.62 bits per heavy atom. The van der Waals surface area contributed by atoms with Crippen LogP contribution in [0.4, 0.5) is 4.79 Å².